The minimum atomic E-state index is -4.57. The standard InChI is InChI=1S/C77H124F6N12O15/c1-19-46(4)63-71(106)89(13)42-62(98)90(14)53-25-23-22-24-34-94(70(53)105)56(35-47-26-30-49(31-27-47)76(78,79)80)68(103)88(12)41-60(96)84-52(33-29-48-28-32-51(77(81,82)83)59(36-48)108-18)66(101)95-40-50(110-21-3)37-54(95)65(100)86-75(44-74(8,9)45-75)72(107)93(17)57(39-73(5,6)7)69(104)92(16)55(67(102)87(10)11)38-61(97)91(15)58(43-109-20-2)64(99)85-63/h22-23,46-59,63H,19-21,24-45H2,1-18H3,(H,84,96)(H,85,99)(H,86,100)/b23-22-/t46-,47?,48?,49?,50+,51?,52-,53-,54-,55-,56-,57-,58-,59?,63-/m0/s1. The lowest BCUT2D eigenvalue weighted by Crippen LogP contribution is -2.71. The number of nitrogens with zero attached hydrogens (tertiary/aromatic N) is 9. The second-order valence-corrected chi connectivity index (χ2v) is 33.8. The summed E-state index contributed by atoms with van der Waals surface area (Å²) < 4.78 is 103. The highest BCUT2D eigenvalue weighted by Gasteiger charge is 2.59. The van der Waals surface area contributed by atoms with Crippen molar-refractivity contribution in [2.75, 3.05) is 109 Å². The van der Waals surface area contributed by atoms with Crippen LogP contribution in [-0.4, -0.2) is 303 Å². The van der Waals surface area contributed by atoms with Gasteiger partial charge in [-0.05, 0) is 139 Å². The first kappa shape index (κ1) is 91.7. The van der Waals surface area contributed by atoms with Gasteiger partial charge in [-0.1, -0.05) is 67.0 Å². The van der Waals surface area contributed by atoms with Gasteiger partial charge in [-0.25, -0.2) is 0 Å². The first-order valence-corrected chi connectivity index (χ1v) is 39.0. The molecule has 1 spiro atoms. The highest BCUT2D eigenvalue weighted by Crippen LogP contribution is 2.50. The van der Waals surface area contributed by atoms with Crippen molar-refractivity contribution in [3.05, 3.63) is 12.2 Å². The molecular weight excluding hydrogens is 1450 g/mol. The van der Waals surface area contributed by atoms with Gasteiger partial charge in [0.05, 0.1) is 50.2 Å². The molecule has 27 nitrogen and oxygen atoms in total. The van der Waals surface area contributed by atoms with E-state index in [4.69, 9.17) is 14.2 Å². The number of hydrogen-bond donors (Lipinski definition) is 3. The summed E-state index contributed by atoms with van der Waals surface area (Å²) in [6.07, 6.45) is -9.06. The predicted octanol–water partition coefficient (Wildman–Crippen LogP) is 5.95. The first-order valence-electron chi connectivity index (χ1n) is 39.0. The van der Waals surface area contributed by atoms with Gasteiger partial charge in [0, 0.05) is 96.2 Å². The molecule has 13 atom stereocenters. The lowest BCUT2D eigenvalue weighted by molar-refractivity contribution is -0.215. The number of methoxy groups -OCH3 is 1. The van der Waals surface area contributed by atoms with Crippen molar-refractivity contribution in [2.45, 2.75) is 256 Å². The zero-order valence-electron chi connectivity index (χ0n) is 67.9. The fraction of sp³-hybridized carbons (Fsp3) is 0.818. The number of rotatable bonds is 15. The van der Waals surface area contributed by atoms with E-state index >= 15 is 28.8 Å². The maximum Gasteiger partial charge on any atom is 0.394 e. The molecule has 3 aliphatic carbocycles. The lowest BCUT2D eigenvalue weighted by Gasteiger charge is -2.54. The SMILES string of the molecule is CCOC[C@H]1C(=O)N[C@@H]([C@@H](C)CC)C(=O)N(C)CC(=O)N(C)[C@H]2C/C=C\CCN(C2=O)[C@@H](CC2CCC(C(F)(F)F)CC2)C(=O)N(C)CC(=O)N[C@@H](CCC2CCC(C(F)(F)F)C(OC)C2)C(=O)N2C[C@H](OCC)C[C@H]2C(=O)NC2(CC(C)(C)C2)C(=O)N(C)[C@@H](CC(C)(C)C)C(=O)N(C)[C@H](C(=O)N(C)C)CC(=O)N1C. The number of fused-ring (bicyclic) bond motifs is 3. The largest absolute Gasteiger partial charge is 0.394 e. The molecule has 3 aliphatic heterocycles. The summed E-state index contributed by atoms with van der Waals surface area (Å²) in [4.78, 5) is 192. The summed E-state index contributed by atoms with van der Waals surface area (Å²) in [5.41, 5.74) is -3.04. The molecule has 33 heteroatoms. The van der Waals surface area contributed by atoms with Crippen LogP contribution < -0.4 is 16.0 Å². The van der Waals surface area contributed by atoms with Crippen molar-refractivity contribution in [3.63, 3.8) is 0 Å². The molecule has 0 aromatic heterocycles. The molecule has 110 heavy (non-hydrogen) atoms. The van der Waals surface area contributed by atoms with E-state index in [1.54, 1.807) is 39.8 Å². The van der Waals surface area contributed by atoms with E-state index in [0.29, 0.717) is 6.42 Å². The molecule has 3 N–H and O–H groups in total. The number of amides is 12. The number of likely N-dealkylation sites (N-methyl/N-ethyl adjacent to an activating group) is 7. The predicted molar refractivity (Wildman–Crippen MR) is 395 cm³/mol. The normalized spacial score (nSPS) is 30.6. The minimum absolute atomic E-state index is 0.0187. The lowest BCUT2D eigenvalue weighted by atomic mass is 9.58. The van der Waals surface area contributed by atoms with Crippen LogP contribution in [-0.2, 0) is 71.7 Å². The van der Waals surface area contributed by atoms with Crippen LogP contribution in [0.5, 0.6) is 0 Å². The van der Waals surface area contributed by atoms with Crippen molar-refractivity contribution in [1.82, 2.24) is 60.0 Å². The molecule has 0 aromatic rings. The van der Waals surface area contributed by atoms with Crippen LogP contribution in [0.2, 0.25) is 0 Å². The summed E-state index contributed by atoms with van der Waals surface area (Å²) in [5, 5.41) is 8.59. The number of alkyl halides is 6. The van der Waals surface area contributed by atoms with E-state index in [9.17, 15) is 55.1 Å². The average molecular weight is 1570 g/mol. The second-order valence-electron chi connectivity index (χ2n) is 33.8. The Bertz CT molecular complexity index is 3280. The van der Waals surface area contributed by atoms with Crippen molar-refractivity contribution in [2.24, 2.45) is 40.4 Å². The van der Waals surface area contributed by atoms with E-state index in [1.807, 2.05) is 34.6 Å². The molecule has 12 amide bonds. The Balaban J connectivity index is 1.50. The topological polar surface area (TPSA) is 298 Å². The Labute approximate surface area is 645 Å². The van der Waals surface area contributed by atoms with E-state index < -0.39 is 216 Å². The maximum atomic E-state index is 15.8. The summed E-state index contributed by atoms with van der Waals surface area (Å²) in [7, 11) is 12.0. The number of ether oxygens (including phenoxy) is 3. The molecule has 2 bridgehead atoms. The van der Waals surface area contributed by atoms with Gasteiger partial charge in [-0.15, -0.1) is 0 Å². The molecule has 6 rings (SSSR count). The van der Waals surface area contributed by atoms with Crippen molar-refractivity contribution in [1.29, 1.82) is 0 Å². The van der Waals surface area contributed by atoms with Crippen molar-refractivity contribution >= 4 is 70.9 Å². The maximum absolute atomic E-state index is 15.8. The number of halogens is 6. The molecule has 6 aliphatic rings. The Morgan fingerprint density at radius 3 is 1.85 bits per heavy atom. The highest BCUT2D eigenvalue weighted by molar-refractivity contribution is 6.01. The number of nitrogens with one attached hydrogen (secondary N) is 3. The molecule has 3 heterocycles. The third-order valence-electron chi connectivity index (χ3n) is 23.4. The number of hydrogen-bond acceptors (Lipinski definition) is 15. The smallest absolute Gasteiger partial charge is 0.381 e. The van der Waals surface area contributed by atoms with E-state index in [2.05, 4.69) is 16.0 Å². The zero-order chi connectivity index (χ0) is 82.6. The van der Waals surface area contributed by atoms with Crippen molar-refractivity contribution < 1.29 is 98.1 Å². The second kappa shape index (κ2) is 38.6. The van der Waals surface area contributed by atoms with Crippen LogP contribution in [0, 0.1) is 40.4 Å². The van der Waals surface area contributed by atoms with Crippen LogP contribution in [0.15, 0.2) is 12.2 Å². The molecule has 0 radical (unpaired) electrons. The van der Waals surface area contributed by atoms with Crippen LogP contribution in [0.3, 0.4) is 0 Å². The Hall–Kier alpha value is -7.16. The Morgan fingerprint density at radius 2 is 1.28 bits per heavy atom. The number of carbonyl (C=O) groups excluding carboxylic acids is 12. The van der Waals surface area contributed by atoms with Gasteiger partial charge < -0.3 is 74.3 Å². The zero-order valence-corrected chi connectivity index (χ0v) is 67.9. The van der Waals surface area contributed by atoms with Crippen LogP contribution in [0.4, 0.5) is 26.3 Å². The van der Waals surface area contributed by atoms with E-state index in [1.165, 1.54) is 83.1 Å². The average Bonchev–Trinajstić information content (AvgIpc) is 0.907. The van der Waals surface area contributed by atoms with Gasteiger partial charge in [0.2, 0.25) is 70.9 Å². The first-order chi connectivity index (χ1) is 51.2. The highest BCUT2D eigenvalue weighted by atomic mass is 19.4. The Morgan fingerprint density at radius 1 is 0.655 bits per heavy atom. The monoisotopic (exact) mass is 1570 g/mol. The van der Waals surface area contributed by atoms with E-state index in [0.717, 1.165) is 24.5 Å². The van der Waals surface area contributed by atoms with Gasteiger partial charge in [0.15, 0.2) is 0 Å². The summed E-state index contributed by atoms with van der Waals surface area (Å²) in [6.45, 7) is 14.1. The van der Waals surface area contributed by atoms with Crippen LogP contribution >= 0.6 is 0 Å². The van der Waals surface area contributed by atoms with Gasteiger partial charge in [0.1, 0.15) is 53.9 Å². The van der Waals surface area contributed by atoms with Crippen molar-refractivity contribution in [3.8, 4) is 0 Å². The fourth-order valence-electron chi connectivity index (χ4n) is 16.9. The third-order valence-corrected chi connectivity index (χ3v) is 23.4. The van der Waals surface area contributed by atoms with Gasteiger partial charge in [-0.2, -0.15) is 26.3 Å². The van der Waals surface area contributed by atoms with Gasteiger partial charge in [0.25, 0.3) is 0 Å². The third kappa shape index (κ3) is 23.3. The molecule has 3 unspecified atom stereocenters. The quantitative estimate of drug-likeness (QED) is 0.126. The summed E-state index contributed by atoms with van der Waals surface area (Å²) in [5.74, 6) is -14.4. The Kier molecular flexibility index (Phi) is 32.2. The molecule has 2 saturated heterocycles. The fourth-order valence-corrected chi connectivity index (χ4v) is 16.9. The molecule has 624 valence electrons. The van der Waals surface area contributed by atoms with Crippen LogP contribution in [0.25, 0.3) is 0 Å². The van der Waals surface area contributed by atoms with Crippen LogP contribution in [0.1, 0.15) is 178 Å². The molecular formula is C77H124F6N12O15. The summed E-state index contributed by atoms with van der Waals surface area (Å²) >= 11 is 0. The summed E-state index contributed by atoms with van der Waals surface area (Å²) in [6, 6.07) is -11.4. The van der Waals surface area contributed by atoms with Gasteiger partial charge in [-0.3, -0.25) is 57.5 Å². The molecule has 5 fully saturated rings. The van der Waals surface area contributed by atoms with Gasteiger partial charge >= 0.3 is 12.4 Å². The molecule has 0 aromatic carbocycles. The minimum Gasteiger partial charge on any atom is -0.381 e. The number of carbonyl (C=O) groups is 12. The van der Waals surface area contributed by atoms with E-state index in [-0.39, 0.29) is 129 Å². The molecule has 3 saturated carbocycles.